The van der Waals surface area contributed by atoms with Gasteiger partial charge in [0, 0.05) is 25.0 Å². The molecule has 0 unspecified atom stereocenters. The van der Waals surface area contributed by atoms with Crippen molar-refractivity contribution in [2.45, 2.75) is 13.5 Å². The van der Waals surface area contributed by atoms with Crippen molar-refractivity contribution in [3.05, 3.63) is 59.4 Å². The lowest BCUT2D eigenvalue weighted by molar-refractivity contribution is 0.628. The molecule has 2 rings (SSSR count). The van der Waals surface area contributed by atoms with Crippen LogP contribution in [0.4, 0.5) is 15.8 Å². The summed E-state index contributed by atoms with van der Waals surface area (Å²) in [6.07, 6.45) is 0. The van der Waals surface area contributed by atoms with Crippen LogP contribution < -0.4 is 10.2 Å². The van der Waals surface area contributed by atoms with E-state index in [1.165, 1.54) is 17.2 Å². The van der Waals surface area contributed by atoms with E-state index in [9.17, 15) is 4.39 Å². The first kappa shape index (κ1) is 13.6. The molecule has 2 aromatic carbocycles. The van der Waals surface area contributed by atoms with Crippen LogP contribution in [0.15, 0.2) is 42.5 Å². The molecule has 1 N–H and O–H groups in total. The molecule has 19 heavy (non-hydrogen) atoms. The number of benzene rings is 2. The fourth-order valence-electron chi connectivity index (χ4n) is 2.20. The van der Waals surface area contributed by atoms with Gasteiger partial charge in [0.2, 0.25) is 0 Å². The van der Waals surface area contributed by atoms with E-state index in [1.54, 1.807) is 12.1 Å². The van der Waals surface area contributed by atoms with Gasteiger partial charge in [0.1, 0.15) is 5.82 Å². The molecule has 0 saturated carbocycles. The summed E-state index contributed by atoms with van der Waals surface area (Å²) < 4.78 is 13.3. The molecular weight excluding hydrogens is 239 g/mol. The smallest absolute Gasteiger partial charge is 0.125 e. The minimum absolute atomic E-state index is 0.216. The molecule has 100 valence electrons. The Hall–Kier alpha value is -1.87. The SMILES string of the molecule is CNCc1cc(C)ccc1N(C)c1cccc(F)c1. The zero-order valence-electron chi connectivity index (χ0n) is 11.6. The van der Waals surface area contributed by atoms with Crippen LogP contribution in [0.2, 0.25) is 0 Å². The van der Waals surface area contributed by atoms with Crippen LogP contribution in [0.1, 0.15) is 11.1 Å². The van der Waals surface area contributed by atoms with Gasteiger partial charge in [0.25, 0.3) is 0 Å². The average molecular weight is 258 g/mol. The second kappa shape index (κ2) is 5.85. The molecule has 0 heterocycles. The molecule has 0 amide bonds. The van der Waals surface area contributed by atoms with Gasteiger partial charge in [-0.15, -0.1) is 0 Å². The monoisotopic (exact) mass is 258 g/mol. The predicted molar refractivity (Wildman–Crippen MR) is 78.4 cm³/mol. The molecule has 0 aliphatic heterocycles. The molecule has 0 saturated heterocycles. The van der Waals surface area contributed by atoms with Gasteiger partial charge >= 0.3 is 0 Å². The minimum Gasteiger partial charge on any atom is -0.344 e. The number of anilines is 2. The fourth-order valence-corrected chi connectivity index (χ4v) is 2.20. The number of halogens is 1. The highest BCUT2D eigenvalue weighted by Gasteiger charge is 2.09. The highest BCUT2D eigenvalue weighted by molar-refractivity contribution is 5.66. The Balaban J connectivity index is 2.40. The number of hydrogen-bond acceptors (Lipinski definition) is 2. The Bertz CT molecular complexity index is 566. The Morgan fingerprint density at radius 2 is 1.95 bits per heavy atom. The molecule has 0 aliphatic carbocycles. The van der Waals surface area contributed by atoms with Crippen molar-refractivity contribution in [1.82, 2.24) is 5.32 Å². The maximum Gasteiger partial charge on any atom is 0.125 e. The van der Waals surface area contributed by atoms with E-state index in [2.05, 4.69) is 30.4 Å². The fraction of sp³-hybridized carbons (Fsp3) is 0.250. The van der Waals surface area contributed by atoms with Crippen LogP contribution in [0.5, 0.6) is 0 Å². The van der Waals surface area contributed by atoms with Crippen molar-refractivity contribution < 1.29 is 4.39 Å². The normalized spacial score (nSPS) is 10.5. The number of rotatable bonds is 4. The van der Waals surface area contributed by atoms with Crippen molar-refractivity contribution in [2.24, 2.45) is 0 Å². The Morgan fingerprint density at radius 3 is 2.63 bits per heavy atom. The Kier molecular flexibility index (Phi) is 4.17. The van der Waals surface area contributed by atoms with Crippen LogP contribution >= 0.6 is 0 Å². The molecule has 0 radical (unpaired) electrons. The quantitative estimate of drug-likeness (QED) is 0.901. The van der Waals surface area contributed by atoms with Gasteiger partial charge in [-0.25, -0.2) is 4.39 Å². The number of nitrogens with one attached hydrogen (secondary N) is 1. The number of hydrogen-bond donors (Lipinski definition) is 1. The summed E-state index contributed by atoms with van der Waals surface area (Å²) in [6.45, 7) is 2.86. The summed E-state index contributed by atoms with van der Waals surface area (Å²) in [7, 11) is 3.88. The van der Waals surface area contributed by atoms with E-state index >= 15 is 0 Å². The molecule has 3 heteroatoms. The minimum atomic E-state index is -0.216. The first-order valence-electron chi connectivity index (χ1n) is 6.35. The molecule has 0 atom stereocenters. The van der Waals surface area contributed by atoms with E-state index < -0.39 is 0 Å². The van der Waals surface area contributed by atoms with E-state index in [-0.39, 0.29) is 5.82 Å². The van der Waals surface area contributed by atoms with Crippen LogP contribution in [0.3, 0.4) is 0 Å². The van der Waals surface area contributed by atoms with Crippen LogP contribution in [-0.2, 0) is 6.54 Å². The summed E-state index contributed by atoms with van der Waals surface area (Å²) >= 11 is 0. The zero-order chi connectivity index (χ0) is 13.8. The van der Waals surface area contributed by atoms with Gasteiger partial charge in [-0.05, 0) is 43.8 Å². The molecular formula is C16H19FN2. The third-order valence-electron chi connectivity index (χ3n) is 3.16. The maximum absolute atomic E-state index is 13.3. The van der Waals surface area contributed by atoms with E-state index in [0.717, 1.165) is 17.9 Å². The standard InChI is InChI=1S/C16H19FN2/c1-12-7-8-16(13(9-12)11-18-2)19(3)15-6-4-5-14(17)10-15/h4-10,18H,11H2,1-3H3. The summed E-state index contributed by atoms with van der Waals surface area (Å²) in [5, 5.41) is 3.17. The number of nitrogens with zero attached hydrogens (tertiary/aromatic N) is 1. The molecule has 2 nitrogen and oxygen atoms in total. The molecule has 0 spiro atoms. The summed E-state index contributed by atoms with van der Waals surface area (Å²) in [6, 6.07) is 12.9. The second-order valence-corrected chi connectivity index (χ2v) is 4.70. The Morgan fingerprint density at radius 1 is 1.16 bits per heavy atom. The lowest BCUT2D eigenvalue weighted by Gasteiger charge is -2.23. The average Bonchev–Trinajstić information content (AvgIpc) is 2.39. The van der Waals surface area contributed by atoms with Crippen LogP contribution in [0, 0.1) is 12.7 Å². The van der Waals surface area contributed by atoms with Gasteiger partial charge < -0.3 is 10.2 Å². The predicted octanol–water partition coefficient (Wildman–Crippen LogP) is 3.62. The zero-order valence-corrected chi connectivity index (χ0v) is 11.6. The first-order chi connectivity index (χ1) is 9.11. The van der Waals surface area contributed by atoms with Crippen molar-refractivity contribution in [1.29, 1.82) is 0 Å². The number of aryl methyl sites for hydroxylation is 1. The molecule has 2 aromatic rings. The first-order valence-corrected chi connectivity index (χ1v) is 6.35. The third-order valence-corrected chi connectivity index (χ3v) is 3.16. The highest BCUT2D eigenvalue weighted by Crippen LogP contribution is 2.28. The summed E-state index contributed by atoms with van der Waals surface area (Å²) in [4.78, 5) is 2.01. The topological polar surface area (TPSA) is 15.3 Å². The molecule has 0 fully saturated rings. The van der Waals surface area contributed by atoms with Crippen LogP contribution in [-0.4, -0.2) is 14.1 Å². The van der Waals surface area contributed by atoms with Gasteiger partial charge in [-0.3, -0.25) is 0 Å². The van der Waals surface area contributed by atoms with E-state index in [1.807, 2.05) is 25.1 Å². The van der Waals surface area contributed by atoms with Crippen molar-refractivity contribution in [3.8, 4) is 0 Å². The lowest BCUT2D eigenvalue weighted by atomic mass is 10.1. The lowest BCUT2D eigenvalue weighted by Crippen LogP contribution is -2.15. The second-order valence-electron chi connectivity index (χ2n) is 4.70. The van der Waals surface area contributed by atoms with Gasteiger partial charge in [0.15, 0.2) is 0 Å². The molecule has 0 bridgehead atoms. The van der Waals surface area contributed by atoms with Crippen molar-refractivity contribution in [3.63, 3.8) is 0 Å². The largest absolute Gasteiger partial charge is 0.344 e. The summed E-state index contributed by atoms with van der Waals surface area (Å²) in [5.41, 5.74) is 4.36. The van der Waals surface area contributed by atoms with E-state index in [0.29, 0.717) is 0 Å². The molecule has 0 aromatic heterocycles. The summed E-state index contributed by atoms with van der Waals surface area (Å²) in [5.74, 6) is -0.216. The van der Waals surface area contributed by atoms with E-state index in [4.69, 9.17) is 0 Å². The van der Waals surface area contributed by atoms with Gasteiger partial charge in [-0.1, -0.05) is 23.8 Å². The third kappa shape index (κ3) is 3.12. The molecule has 0 aliphatic rings. The Labute approximate surface area is 113 Å². The van der Waals surface area contributed by atoms with Gasteiger partial charge in [0.05, 0.1) is 0 Å². The van der Waals surface area contributed by atoms with Crippen molar-refractivity contribution in [2.75, 3.05) is 19.0 Å². The van der Waals surface area contributed by atoms with Crippen molar-refractivity contribution >= 4 is 11.4 Å². The highest BCUT2D eigenvalue weighted by atomic mass is 19.1. The van der Waals surface area contributed by atoms with Crippen LogP contribution in [0.25, 0.3) is 0 Å². The van der Waals surface area contributed by atoms with Gasteiger partial charge in [-0.2, -0.15) is 0 Å². The maximum atomic E-state index is 13.3.